The second-order valence-corrected chi connectivity index (χ2v) is 6.25. The summed E-state index contributed by atoms with van der Waals surface area (Å²) in [5, 5.41) is 11.2. The largest absolute Gasteiger partial charge is 0.494 e. The van der Waals surface area contributed by atoms with Crippen LogP contribution in [0.1, 0.15) is 29.6 Å². The number of carbonyl (C=O) groups excluding carboxylic acids is 1. The molecular formula is C16H19N5O3. The Kier molecular flexibility index (Phi) is 3.68. The van der Waals surface area contributed by atoms with E-state index in [2.05, 4.69) is 15.5 Å². The maximum atomic E-state index is 12.9. The Hall–Kier alpha value is -2.48. The van der Waals surface area contributed by atoms with Crippen molar-refractivity contribution in [3.63, 3.8) is 0 Å². The third-order valence-corrected chi connectivity index (χ3v) is 4.82. The molecule has 126 valence electrons. The van der Waals surface area contributed by atoms with Crippen LogP contribution in [0, 0.1) is 0 Å². The average Bonchev–Trinajstić information content (AvgIpc) is 3.14. The van der Waals surface area contributed by atoms with E-state index in [1.807, 2.05) is 4.90 Å². The highest BCUT2D eigenvalue weighted by atomic mass is 16.5. The lowest BCUT2D eigenvalue weighted by Gasteiger charge is -2.48. The second kappa shape index (κ2) is 5.86. The van der Waals surface area contributed by atoms with E-state index in [0.717, 1.165) is 12.8 Å². The molecule has 8 heteroatoms. The molecule has 0 atom stereocenters. The molecule has 1 aromatic carbocycles. The number of morpholine rings is 1. The van der Waals surface area contributed by atoms with Gasteiger partial charge in [0.1, 0.15) is 17.8 Å². The predicted molar refractivity (Wildman–Crippen MR) is 84.1 cm³/mol. The predicted octanol–water partition coefficient (Wildman–Crippen LogP) is 1.07. The molecule has 24 heavy (non-hydrogen) atoms. The number of carbonyl (C=O) groups is 1. The molecule has 2 heterocycles. The van der Waals surface area contributed by atoms with Gasteiger partial charge in [-0.15, -0.1) is 5.10 Å². The highest BCUT2D eigenvalue weighted by Crippen LogP contribution is 2.38. The summed E-state index contributed by atoms with van der Waals surface area (Å²) in [7, 11) is 1.58. The normalized spacial score (nSPS) is 19.1. The minimum absolute atomic E-state index is 0.00144. The van der Waals surface area contributed by atoms with E-state index in [0.29, 0.717) is 36.7 Å². The summed E-state index contributed by atoms with van der Waals surface area (Å²) in [6.07, 6.45) is 4.72. The molecule has 0 bridgehead atoms. The molecule has 1 aromatic heterocycles. The van der Waals surface area contributed by atoms with Crippen molar-refractivity contribution >= 4 is 5.91 Å². The van der Waals surface area contributed by atoms with Gasteiger partial charge in [0.15, 0.2) is 0 Å². The number of aromatic nitrogens is 4. The van der Waals surface area contributed by atoms with E-state index >= 15 is 0 Å². The Balaban J connectivity index is 1.61. The summed E-state index contributed by atoms with van der Waals surface area (Å²) in [6.45, 7) is 1.88. The summed E-state index contributed by atoms with van der Waals surface area (Å²) in [5.41, 5.74) is 1.12. The highest BCUT2D eigenvalue weighted by Gasteiger charge is 2.43. The van der Waals surface area contributed by atoms with Crippen molar-refractivity contribution in [2.24, 2.45) is 0 Å². The van der Waals surface area contributed by atoms with Gasteiger partial charge in [-0.05, 0) is 47.9 Å². The maximum Gasteiger partial charge on any atom is 0.254 e. The van der Waals surface area contributed by atoms with Crippen LogP contribution in [-0.2, 0) is 4.74 Å². The average molecular weight is 329 g/mol. The Morgan fingerprint density at radius 3 is 2.92 bits per heavy atom. The van der Waals surface area contributed by atoms with Crippen molar-refractivity contribution in [3.8, 4) is 11.4 Å². The standard InChI is InChI=1S/C16H19N5O3/c1-23-14-4-3-12(9-13(14)21-11-17-18-19-21)15(22)20-7-8-24-16(10-20)5-2-6-16/h3-4,9,11H,2,5-8,10H2,1H3. The van der Waals surface area contributed by atoms with Gasteiger partial charge in [-0.1, -0.05) is 0 Å². The van der Waals surface area contributed by atoms with Crippen LogP contribution in [0.5, 0.6) is 5.75 Å². The molecule has 8 nitrogen and oxygen atoms in total. The lowest BCUT2D eigenvalue weighted by molar-refractivity contribution is -0.142. The zero-order valence-corrected chi connectivity index (χ0v) is 13.5. The van der Waals surface area contributed by atoms with Crippen LogP contribution in [-0.4, -0.2) is 63.4 Å². The van der Waals surface area contributed by atoms with Crippen LogP contribution in [0.4, 0.5) is 0 Å². The van der Waals surface area contributed by atoms with Crippen molar-refractivity contribution < 1.29 is 14.3 Å². The summed E-state index contributed by atoms with van der Waals surface area (Å²) in [4.78, 5) is 14.8. The first kappa shape index (κ1) is 15.1. The van der Waals surface area contributed by atoms with Gasteiger partial charge in [-0.2, -0.15) is 4.68 Å². The quantitative estimate of drug-likeness (QED) is 0.837. The molecule has 1 amide bonds. The molecular weight excluding hydrogens is 310 g/mol. The summed E-state index contributed by atoms with van der Waals surface area (Å²) >= 11 is 0. The molecule has 1 saturated heterocycles. The molecule has 0 radical (unpaired) electrons. The van der Waals surface area contributed by atoms with Gasteiger partial charge < -0.3 is 14.4 Å². The van der Waals surface area contributed by atoms with Crippen LogP contribution < -0.4 is 4.74 Å². The van der Waals surface area contributed by atoms with E-state index in [-0.39, 0.29) is 11.5 Å². The number of methoxy groups -OCH3 is 1. The summed E-state index contributed by atoms with van der Waals surface area (Å²) in [5.74, 6) is 0.609. The van der Waals surface area contributed by atoms with E-state index in [1.54, 1.807) is 25.3 Å². The molecule has 1 aliphatic heterocycles. The topological polar surface area (TPSA) is 82.4 Å². The van der Waals surface area contributed by atoms with E-state index in [4.69, 9.17) is 9.47 Å². The number of nitrogens with zero attached hydrogens (tertiary/aromatic N) is 5. The van der Waals surface area contributed by atoms with Gasteiger partial charge in [0.25, 0.3) is 5.91 Å². The Labute approximate surface area is 139 Å². The second-order valence-electron chi connectivity index (χ2n) is 6.25. The Bertz CT molecular complexity index is 742. The lowest BCUT2D eigenvalue weighted by atomic mass is 9.79. The molecule has 1 spiro atoms. The van der Waals surface area contributed by atoms with Gasteiger partial charge >= 0.3 is 0 Å². The number of hydrogen-bond acceptors (Lipinski definition) is 6. The Morgan fingerprint density at radius 2 is 2.25 bits per heavy atom. The number of hydrogen-bond donors (Lipinski definition) is 0. The SMILES string of the molecule is COc1ccc(C(=O)N2CCOC3(CCC3)C2)cc1-n1cnnn1. The first-order valence-electron chi connectivity index (χ1n) is 8.05. The van der Waals surface area contributed by atoms with Crippen LogP contribution in [0.2, 0.25) is 0 Å². The zero-order valence-electron chi connectivity index (χ0n) is 13.5. The maximum absolute atomic E-state index is 12.9. The van der Waals surface area contributed by atoms with Crippen molar-refractivity contribution in [2.45, 2.75) is 24.9 Å². The van der Waals surface area contributed by atoms with Crippen LogP contribution >= 0.6 is 0 Å². The Morgan fingerprint density at radius 1 is 1.38 bits per heavy atom. The fourth-order valence-corrected chi connectivity index (χ4v) is 3.35. The highest BCUT2D eigenvalue weighted by molar-refractivity contribution is 5.95. The zero-order chi connectivity index (χ0) is 16.6. The monoisotopic (exact) mass is 329 g/mol. The molecule has 2 aromatic rings. The van der Waals surface area contributed by atoms with Gasteiger partial charge in [-0.3, -0.25) is 4.79 Å². The molecule has 2 aliphatic rings. The van der Waals surface area contributed by atoms with Gasteiger partial charge in [0.2, 0.25) is 0 Å². The van der Waals surface area contributed by atoms with E-state index in [9.17, 15) is 4.79 Å². The smallest absolute Gasteiger partial charge is 0.254 e. The summed E-state index contributed by atoms with van der Waals surface area (Å²) < 4.78 is 12.7. The lowest BCUT2D eigenvalue weighted by Crippen LogP contribution is -2.57. The number of ether oxygens (including phenoxy) is 2. The van der Waals surface area contributed by atoms with Gasteiger partial charge in [0.05, 0.1) is 25.9 Å². The van der Waals surface area contributed by atoms with E-state index < -0.39 is 0 Å². The number of benzene rings is 1. The molecule has 4 rings (SSSR count). The number of tetrazole rings is 1. The van der Waals surface area contributed by atoms with Crippen molar-refractivity contribution in [2.75, 3.05) is 26.8 Å². The molecule has 2 fully saturated rings. The minimum atomic E-state index is -0.112. The first-order valence-corrected chi connectivity index (χ1v) is 8.05. The molecule has 1 aliphatic carbocycles. The van der Waals surface area contributed by atoms with Crippen molar-refractivity contribution in [1.29, 1.82) is 0 Å². The first-order chi connectivity index (χ1) is 11.7. The van der Waals surface area contributed by atoms with Crippen LogP contribution in [0.25, 0.3) is 5.69 Å². The fourth-order valence-electron chi connectivity index (χ4n) is 3.35. The molecule has 0 unspecified atom stereocenters. The van der Waals surface area contributed by atoms with Gasteiger partial charge in [-0.25, -0.2) is 0 Å². The molecule has 0 N–H and O–H groups in total. The molecule has 1 saturated carbocycles. The third-order valence-electron chi connectivity index (χ3n) is 4.82. The third kappa shape index (κ3) is 2.52. The van der Waals surface area contributed by atoms with Crippen molar-refractivity contribution in [1.82, 2.24) is 25.1 Å². The number of rotatable bonds is 3. The van der Waals surface area contributed by atoms with E-state index in [1.165, 1.54) is 17.4 Å². The minimum Gasteiger partial charge on any atom is -0.494 e. The van der Waals surface area contributed by atoms with Crippen LogP contribution in [0.15, 0.2) is 24.5 Å². The van der Waals surface area contributed by atoms with Crippen LogP contribution in [0.3, 0.4) is 0 Å². The summed E-state index contributed by atoms with van der Waals surface area (Å²) in [6, 6.07) is 5.31. The fraction of sp³-hybridized carbons (Fsp3) is 0.500. The van der Waals surface area contributed by atoms with Gasteiger partial charge in [0, 0.05) is 12.1 Å². The van der Waals surface area contributed by atoms with Crippen molar-refractivity contribution in [3.05, 3.63) is 30.1 Å². The number of amides is 1.